The molecule has 1 aromatic rings. The van der Waals surface area contributed by atoms with E-state index in [1.54, 1.807) is 4.90 Å². The van der Waals surface area contributed by atoms with Crippen molar-refractivity contribution in [2.45, 2.75) is 58.2 Å². The summed E-state index contributed by atoms with van der Waals surface area (Å²) in [4.78, 5) is 24.6. The number of amides is 1. The van der Waals surface area contributed by atoms with Gasteiger partial charge < -0.3 is 15.0 Å². The number of alkyl halides is 3. The third kappa shape index (κ3) is 5.59. The molecule has 0 radical (unpaired) electrons. The predicted molar refractivity (Wildman–Crippen MR) is 109 cm³/mol. The number of nitrogens with zero attached hydrogens (tertiary/aromatic N) is 2. The summed E-state index contributed by atoms with van der Waals surface area (Å²) in [7, 11) is 0. The Hall–Kier alpha value is -2.52. The Bertz CT molecular complexity index is 853. The summed E-state index contributed by atoms with van der Waals surface area (Å²) >= 11 is 0. The quantitative estimate of drug-likeness (QED) is 0.483. The first-order valence-corrected chi connectivity index (χ1v) is 10.4. The van der Waals surface area contributed by atoms with E-state index in [0.29, 0.717) is 25.6 Å². The van der Waals surface area contributed by atoms with Crippen molar-refractivity contribution in [2.24, 2.45) is 11.3 Å². The van der Waals surface area contributed by atoms with Gasteiger partial charge in [0.05, 0.1) is 17.0 Å². The van der Waals surface area contributed by atoms with E-state index < -0.39 is 28.0 Å². The van der Waals surface area contributed by atoms with Gasteiger partial charge in [-0.05, 0) is 49.1 Å². The van der Waals surface area contributed by atoms with E-state index in [2.05, 4.69) is 5.32 Å². The third-order valence-corrected chi connectivity index (χ3v) is 5.71. The minimum atomic E-state index is -4.59. The Morgan fingerprint density at radius 3 is 2.65 bits per heavy atom. The summed E-state index contributed by atoms with van der Waals surface area (Å²) in [6.45, 7) is 7.46. The minimum absolute atomic E-state index is 0.0188. The fourth-order valence-electron chi connectivity index (χ4n) is 4.51. The highest BCUT2D eigenvalue weighted by Gasteiger charge is 2.48. The molecule has 1 aliphatic carbocycles. The number of halogens is 3. The second-order valence-electron chi connectivity index (χ2n) is 9.80. The number of hydrogen-bond donors (Lipinski definition) is 1. The number of rotatable bonds is 5. The summed E-state index contributed by atoms with van der Waals surface area (Å²) in [5, 5.41) is 14.1. The van der Waals surface area contributed by atoms with E-state index in [4.69, 9.17) is 4.74 Å². The number of nitro groups is 1. The molecule has 2 fully saturated rings. The van der Waals surface area contributed by atoms with Gasteiger partial charge in [0.15, 0.2) is 0 Å². The molecular formula is C21H28F3N3O4. The standard InChI is InChI=1S/C21H28F3N3O4/c1-19(2,3)12-26-13-20(31-18(26)28)8-4-5-14(10-20)11-25-16-9-15(21(22,23)24)6-7-17(16)27(29)30/h6-7,9,14,25H,4-5,8,10-13H2,1-3H3/t14-,20-/m0/s1. The van der Waals surface area contributed by atoms with Crippen LogP contribution < -0.4 is 5.32 Å². The number of nitro benzene ring substituents is 1. The van der Waals surface area contributed by atoms with Crippen LogP contribution in [0, 0.1) is 21.4 Å². The van der Waals surface area contributed by atoms with Gasteiger partial charge in [-0.2, -0.15) is 13.2 Å². The molecule has 1 aromatic carbocycles. The van der Waals surface area contributed by atoms with Crippen LogP contribution in [0.5, 0.6) is 0 Å². The molecule has 31 heavy (non-hydrogen) atoms. The smallest absolute Gasteiger partial charge is 0.416 e. The monoisotopic (exact) mass is 443 g/mol. The Morgan fingerprint density at radius 1 is 1.32 bits per heavy atom. The van der Waals surface area contributed by atoms with Crippen LogP contribution in [0.2, 0.25) is 0 Å². The number of carbonyl (C=O) groups excluding carboxylic acids is 1. The maximum atomic E-state index is 13.0. The van der Waals surface area contributed by atoms with E-state index in [9.17, 15) is 28.1 Å². The summed E-state index contributed by atoms with van der Waals surface area (Å²) in [5.74, 6) is 0.0188. The van der Waals surface area contributed by atoms with E-state index in [1.807, 2.05) is 20.8 Å². The zero-order chi connectivity index (χ0) is 23.0. The van der Waals surface area contributed by atoms with Crippen molar-refractivity contribution in [3.05, 3.63) is 33.9 Å². The summed E-state index contributed by atoms with van der Waals surface area (Å²) in [6.07, 6.45) is -2.00. The molecule has 1 N–H and O–H groups in total. The number of carbonyl (C=O) groups is 1. The molecule has 1 spiro atoms. The van der Waals surface area contributed by atoms with Crippen LogP contribution in [0.4, 0.5) is 29.3 Å². The van der Waals surface area contributed by atoms with E-state index in [1.165, 1.54) is 0 Å². The van der Waals surface area contributed by atoms with Gasteiger partial charge in [-0.1, -0.05) is 20.8 Å². The van der Waals surface area contributed by atoms with Crippen molar-refractivity contribution in [1.82, 2.24) is 4.90 Å². The molecule has 2 atom stereocenters. The van der Waals surface area contributed by atoms with Gasteiger partial charge in [0.1, 0.15) is 11.3 Å². The van der Waals surface area contributed by atoms with Crippen molar-refractivity contribution in [2.75, 3.05) is 25.0 Å². The van der Waals surface area contributed by atoms with E-state index in [-0.39, 0.29) is 29.7 Å². The molecule has 0 aromatic heterocycles. The van der Waals surface area contributed by atoms with Crippen LogP contribution in [0.15, 0.2) is 18.2 Å². The topological polar surface area (TPSA) is 84.7 Å². The van der Waals surface area contributed by atoms with Crippen LogP contribution >= 0.6 is 0 Å². The molecule has 1 aliphatic heterocycles. The van der Waals surface area contributed by atoms with Crippen LogP contribution in [0.25, 0.3) is 0 Å². The molecule has 0 bridgehead atoms. The molecule has 7 nitrogen and oxygen atoms in total. The first kappa shape index (κ1) is 23.1. The molecule has 10 heteroatoms. The normalized spacial score (nSPS) is 24.4. The highest BCUT2D eigenvalue weighted by molar-refractivity contribution is 5.71. The lowest BCUT2D eigenvalue weighted by Crippen LogP contribution is -2.42. The van der Waals surface area contributed by atoms with Crippen molar-refractivity contribution in [3.63, 3.8) is 0 Å². The van der Waals surface area contributed by atoms with Crippen molar-refractivity contribution in [1.29, 1.82) is 0 Å². The fourth-order valence-corrected chi connectivity index (χ4v) is 4.51. The zero-order valence-corrected chi connectivity index (χ0v) is 17.9. The number of hydrogen-bond acceptors (Lipinski definition) is 5. The highest BCUT2D eigenvalue weighted by atomic mass is 19.4. The lowest BCUT2D eigenvalue weighted by Gasteiger charge is -2.36. The minimum Gasteiger partial charge on any atom is -0.441 e. The summed E-state index contributed by atoms with van der Waals surface area (Å²) in [6, 6.07) is 2.36. The molecule has 0 unspecified atom stereocenters. The average Bonchev–Trinajstić information content (AvgIpc) is 2.91. The second-order valence-corrected chi connectivity index (χ2v) is 9.80. The van der Waals surface area contributed by atoms with Crippen molar-refractivity contribution in [3.8, 4) is 0 Å². The van der Waals surface area contributed by atoms with Crippen LogP contribution in [-0.4, -0.2) is 41.2 Å². The highest BCUT2D eigenvalue weighted by Crippen LogP contribution is 2.41. The lowest BCUT2D eigenvalue weighted by atomic mass is 9.77. The Balaban J connectivity index is 1.69. The van der Waals surface area contributed by atoms with Gasteiger partial charge in [0, 0.05) is 19.2 Å². The molecule has 1 saturated carbocycles. The van der Waals surface area contributed by atoms with Gasteiger partial charge in [0.2, 0.25) is 0 Å². The Labute approximate surface area is 179 Å². The predicted octanol–water partition coefficient (Wildman–Crippen LogP) is 5.45. The Kier molecular flexibility index (Phi) is 6.12. The number of benzene rings is 1. The summed E-state index contributed by atoms with van der Waals surface area (Å²) in [5.41, 5.74) is -2.17. The van der Waals surface area contributed by atoms with Gasteiger partial charge in [0.25, 0.3) is 5.69 Å². The second kappa shape index (κ2) is 8.20. The third-order valence-electron chi connectivity index (χ3n) is 5.71. The zero-order valence-electron chi connectivity index (χ0n) is 17.9. The molecule has 1 saturated heterocycles. The lowest BCUT2D eigenvalue weighted by molar-refractivity contribution is -0.384. The van der Waals surface area contributed by atoms with Gasteiger partial charge in [-0.15, -0.1) is 0 Å². The first-order chi connectivity index (χ1) is 14.3. The van der Waals surface area contributed by atoms with E-state index in [0.717, 1.165) is 31.4 Å². The Morgan fingerprint density at radius 2 is 2.03 bits per heavy atom. The van der Waals surface area contributed by atoms with E-state index >= 15 is 0 Å². The van der Waals surface area contributed by atoms with Crippen LogP contribution in [0.3, 0.4) is 0 Å². The molecule has 2 aliphatic rings. The van der Waals surface area contributed by atoms with Crippen LogP contribution in [0.1, 0.15) is 52.0 Å². The molecule has 172 valence electrons. The van der Waals surface area contributed by atoms with Crippen LogP contribution in [-0.2, 0) is 10.9 Å². The molecule has 3 rings (SSSR count). The van der Waals surface area contributed by atoms with Crippen molar-refractivity contribution >= 4 is 17.5 Å². The number of anilines is 1. The molecular weight excluding hydrogens is 415 g/mol. The maximum absolute atomic E-state index is 13.0. The van der Waals surface area contributed by atoms with Gasteiger partial charge >= 0.3 is 12.3 Å². The van der Waals surface area contributed by atoms with Crippen molar-refractivity contribution < 1.29 is 27.6 Å². The molecule has 1 heterocycles. The average molecular weight is 443 g/mol. The number of nitrogens with one attached hydrogen (secondary N) is 1. The fraction of sp³-hybridized carbons (Fsp3) is 0.667. The SMILES string of the molecule is CC(C)(C)CN1C[C@@]2(CCC[C@H](CNc3cc(C(F)(F)F)ccc3[N+](=O)[O-])C2)OC1=O. The maximum Gasteiger partial charge on any atom is 0.416 e. The van der Waals surface area contributed by atoms with Gasteiger partial charge in [-0.25, -0.2) is 4.79 Å². The van der Waals surface area contributed by atoms with Gasteiger partial charge in [-0.3, -0.25) is 10.1 Å². The largest absolute Gasteiger partial charge is 0.441 e. The molecule has 1 amide bonds. The summed E-state index contributed by atoms with van der Waals surface area (Å²) < 4.78 is 44.9. The number of ether oxygens (including phenoxy) is 1. The first-order valence-electron chi connectivity index (χ1n) is 10.4.